The number of nitrogens with two attached hydrogens (primary N) is 9. The number of para-hydroxylation sites is 1. The number of aliphatic hydroxyl groups is 1. The van der Waals surface area contributed by atoms with Crippen molar-refractivity contribution >= 4 is 76.0 Å². The van der Waals surface area contributed by atoms with Gasteiger partial charge in [0.2, 0.25) is 36.8 Å². The SMILES string of the molecule is CCCN(c1nc(-c2ccccc2)nc2ccccc12)C(O)C(=O)NC(C(=O)NC(N=C(N)N)C(=O)NC(N=C(N)N)C(=O)NC(N=C(N)N)C(=O)NC(N=C(N)N)C(N)=O)c1ccccc1. The first-order valence-corrected chi connectivity index (χ1v) is 19.8. The van der Waals surface area contributed by atoms with Crippen molar-refractivity contribution in [3.63, 3.8) is 0 Å². The molecule has 354 valence electrons. The molecular weight excluding hydrogens is 875 g/mol. The van der Waals surface area contributed by atoms with Crippen molar-refractivity contribution in [2.75, 3.05) is 11.4 Å². The molecule has 4 rings (SSSR count). The summed E-state index contributed by atoms with van der Waals surface area (Å²) in [6.07, 6.45) is -9.63. The normalized spacial score (nSPS) is 13.3. The zero-order valence-electron chi connectivity index (χ0n) is 35.7. The Morgan fingerprint density at radius 2 is 0.985 bits per heavy atom. The van der Waals surface area contributed by atoms with E-state index in [4.69, 9.17) is 56.6 Å². The van der Waals surface area contributed by atoms with Gasteiger partial charge in [0.1, 0.15) is 11.9 Å². The summed E-state index contributed by atoms with van der Waals surface area (Å²) in [6, 6.07) is 22.2. The molecule has 1 aromatic heterocycles. The Kier molecular flexibility index (Phi) is 17.5. The van der Waals surface area contributed by atoms with E-state index in [2.05, 4.69) is 40.9 Å². The molecule has 0 bridgehead atoms. The predicted molar refractivity (Wildman–Crippen MR) is 246 cm³/mol. The highest BCUT2D eigenvalue weighted by molar-refractivity contribution is 5.99. The van der Waals surface area contributed by atoms with Gasteiger partial charge in [-0.1, -0.05) is 79.7 Å². The van der Waals surface area contributed by atoms with Crippen molar-refractivity contribution < 1.29 is 33.9 Å². The first-order chi connectivity index (χ1) is 31.8. The molecule has 6 unspecified atom stereocenters. The summed E-state index contributed by atoms with van der Waals surface area (Å²) in [7, 11) is 0. The number of benzene rings is 3. The molecule has 28 heteroatoms. The zero-order valence-corrected chi connectivity index (χ0v) is 35.7. The van der Waals surface area contributed by atoms with E-state index in [1.165, 1.54) is 17.0 Å². The molecule has 6 amide bonds. The van der Waals surface area contributed by atoms with Crippen LogP contribution in [0.2, 0.25) is 0 Å². The standard InChI is InChI=1S/C39H51N21O7/c1-2-17-60(29-20-15-9-10-16-21(20)49-24(51-29)19-13-7-4-8-14-19)35(67)34(66)50-22(18-11-5-3-6-12-18)30(62)53-26(57-37(43)44)32(64)55-28(59-39(47)48)33(65)54-27(58-38(45)46)31(63)52-25(23(40)61)56-36(41)42/h3-16,22,25-28,35,67H,2,17H2,1H3,(H2,40,61)(H,50,66)(H,52,63)(H,53,62)(H,54,65)(H,55,64)(H4,41,42,56)(H4,43,44,57)(H4,45,46,58)(H4,47,48,59). The topological polar surface area (TPSA) is 495 Å². The van der Waals surface area contributed by atoms with Crippen molar-refractivity contribution in [1.82, 2.24) is 36.6 Å². The molecule has 6 atom stereocenters. The van der Waals surface area contributed by atoms with E-state index in [9.17, 15) is 33.9 Å². The van der Waals surface area contributed by atoms with Crippen molar-refractivity contribution in [2.24, 2.45) is 71.6 Å². The van der Waals surface area contributed by atoms with Crippen LogP contribution < -0.4 is 83.1 Å². The number of hydrogen-bond donors (Lipinski definition) is 15. The van der Waals surface area contributed by atoms with E-state index in [0.29, 0.717) is 28.7 Å². The van der Waals surface area contributed by atoms with Crippen molar-refractivity contribution in [1.29, 1.82) is 0 Å². The number of primary amides is 1. The lowest BCUT2D eigenvalue weighted by Gasteiger charge is -2.30. The quantitative estimate of drug-likeness (QED) is 0.0210. The Morgan fingerprint density at radius 1 is 0.552 bits per heavy atom. The second-order valence-corrected chi connectivity index (χ2v) is 13.9. The second-order valence-electron chi connectivity index (χ2n) is 13.9. The Morgan fingerprint density at radius 3 is 1.46 bits per heavy atom. The van der Waals surface area contributed by atoms with Gasteiger partial charge in [0.15, 0.2) is 29.7 Å². The van der Waals surface area contributed by atoms with Gasteiger partial charge in [0.25, 0.3) is 29.5 Å². The zero-order chi connectivity index (χ0) is 49.4. The number of aliphatic imine (C=N–C) groups is 4. The van der Waals surface area contributed by atoms with Crippen molar-refractivity contribution in [3.05, 3.63) is 90.5 Å². The van der Waals surface area contributed by atoms with Crippen LogP contribution in [0.15, 0.2) is 105 Å². The number of fused-ring (bicyclic) bond motifs is 1. The number of aliphatic hydroxyl groups excluding tert-OH is 1. The molecule has 0 aliphatic carbocycles. The Hall–Kier alpha value is -9.34. The number of aromatic nitrogens is 2. The number of nitrogens with one attached hydrogen (secondary N) is 5. The molecule has 1 heterocycles. The minimum Gasteiger partial charge on any atom is -0.370 e. The summed E-state index contributed by atoms with van der Waals surface area (Å²) < 4.78 is 0. The Labute approximate surface area is 381 Å². The maximum atomic E-state index is 14.2. The molecule has 0 radical (unpaired) electrons. The average molecular weight is 926 g/mol. The molecule has 4 aromatic rings. The summed E-state index contributed by atoms with van der Waals surface area (Å²) in [4.78, 5) is 106. The first-order valence-electron chi connectivity index (χ1n) is 19.8. The van der Waals surface area contributed by atoms with Crippen LogP contribution in [0.4, 0.5) is 5.82 Å². The van der Waals surface area contributed by atoms with Gasteiger partial charge in [-0.2, -0.15) is 0 Å². The fraction of sp³-hybridized carbons (Fsp3) is 0.231. The monoisotopic (exact) mass is 925 g/mol. The van der Waals surface area contributed by atoms with Gasteiger partial charge in [0, 0.05) is 17.5 Å². The number of carbonyl (C=O) groups excluding carboxylic acids is 6. The van der Waals surface area contributed by atoms with Gasteiger partial charge >= 0.3 is 0 Å². The molecule has 3 aromatic carbocycles. The van der Waals surface area contributed by atoms with Crippen LogP contribution >= 0.6 is 0 Å². The summed E-state index contributed by atoms with van der Waals surface area (Å²) in [6.45, 7) is 1.94. The summed E-state index contributed by atoms with van der Waals surface area (Å²) in [5.74, 6) is -9.76. The van der Waals surface area contributed by atoms with E-state index in [-0.39, 0.29) is 17.9 Å². The molecule has 28 nitrogen and oxygen atoms in total. The number of rotatable bonds is 21. The highest BCUT2D eigenvalue weighted by Gasteiger charge is 2.35. The number of carbonyl (C=O) groups is 6. The van der Waals surface area contributed by atoms with Crippen LogP contribution in [-0.4, -0.2) is 112 Å². The fourth-order valence-electron chi connectivity index (χ4n) is 5.98. The Bertz CT molecular complexity index is 2540. The van der Waals surface area contributed by atoms with Crippen LogP contribution in [0.1, 0.15) is 24.9 Å². The number of nitrogens with zero attached hydrogens (tertiary/aromatic N) is 7. The van der Waals surface area contributed by atoms with E-state index >= 15 is 0 Å². The maximum Gasteiger partial charge on any atom is 0.270 e. The number of guanidine groups is 4. The van der Waals surface area contributed by atoms with Gasteiger partial charge in [-0.05, 0) is 24.1 Å². The van der Waals surface area contributed by atoms with Crippen molar-refractivity contribution in [3.8, 4) is 11.4 Å². The Balaban J connectivity index is 1.64. The van der Waals surface area contributed by atoms with Crippen LogP contribution in [0.5, 0.6) is 0 Å². The lowest BCUT2D eigenvalue weighted by atomic mass is 10.1. The van der Waals surface area contributed by atoms with Gasteiger partial charge in [-0.3, -0.25) is 28.8 Å². The van der Waals surface area contributed by atoms with E-state index in [1.807, 2.05) is 47.9 Å². The summed E-state index contributed by atoms with van der Waals surface area (Å²) >= 11 is 0. The van der Waals surface area contributed by atoms with E-state index in [1.54, 1.807) is 42.5 Å². The van der Waals surface area contributed by atoms with Crippen LogP contribution in [0.25, 0.3) is 22.3 Å². The third-order valence-electron chi connectivity index (χ3n) is 8.81. The first kappa shape index (κ1) is 50.3. The molecule has 0 aliphatic heterocycles. The van der Waals surface area contributed by atoms with Gasteiger partial charge < -0.3 is 88.2 Å². The summed E-state index contributed by atoms with van der Waals surface area (Å²) in [5.41, 5.74) is 50.3. The van der Waals surface area contributed by atoms with Gasteiger partial charge in [-0.25, -0.2) is 29.9 Å². The number of hydrogen-bond acceptors (Lipinski definition) is 14. The maximum absolute atomic E-state index is 14.2. The lowest BCUT2D eigenvalue weighted by Crippen LogP contribution is -2.58. The number of anilines is 1. The molecule has 0 aliphatic rings. The highest BCUT2D eigenvalue weighted by atomic mass is 16.3. The smallest absolute Gasteiger partial charge is 0.270 e. The van der Waals surface area contributed by atoms with E-state index in [0.717, 1.165) is 0 Å². The highest BCUT2D eigenvalue weighted by Crippen LogP contribution is 2.29. The largest absolute Gasteiger partial charge is 0.370 e. The molecule has 67 heavy (non-hydrogen) atoms. The van der Waals surface area contributed by atoms with Gasteiger partial charge in [-0.15, -0.1) is 0 Å². The minimum atomic E-state index is -2.13. The fourth-order valence-corrected chi connectivity index (χ4v) is 5.98. The molecule has 0 saturated carbocycles. The van der Waals surface area contributed by atoms with Crippen LogP contribution in [-0.2, 0) is 28.8 Å². The van der Waals surface area contributed by atoms with Crippen LogP contribution in [0.3, 0.4) is 0 Å². The molecule has 24 N–H and O–H groups in total. The third kappa shape index (κ3) is 14.3. The lowest BCUT2D eigenvalue weighted by molar-refractivity contribution is -0.136. The predicted octanol–water partition coefficient (Wildman–Crippen LogP) is -5.96. The second kappa shape index (κ2) is 23.4. The summed E-state index contributed by atoms with van der Waals surface area (Å²) in [5, 5.41) is 23.3. The minimum absolute atomic E-state index is 0.118. The third-order valence-corrected chi connectivity index (χ3v) is 8.81. The van der Waals surface area contributed by atoms with E-state index < -0.39 is 96.2 Å². The molecule has 0 saturated heterocycles. The van der Waals surface area contributed by atoms with Crippen molar-refractivity contribution in [2.45, 2.75) is 50.3 Å². The number of amides is 6. The van der Waals surface area contributed by atoms with Crippen LogP contribution in [0, 0.1) is 0 Å². The van der Waals surface area contributed by atoms with Gasteiger partial charge in [0.05, 0.1) is 5.52 Å². The molecular formula is C39H51N21O7. The average Bonchev–Trinajstić information content (AvgIpc) is 3.28. The molecule has 0 fully saturated rings. The molecule has 0 spiro atoms.